The van der Waals surface area contributed by atoms with Crippen molar-refractivity contribution >= 4 is 11.7 Å². The zero-order chi connectivity index (χ0) is 15.4. The molecule has 6 nitrogen and oxygen atoms in total. The van der Waals surface area contributed by atoms with E-state index in [1.54, 1.807) is 6.20 Å². The minimum absolute atomic E-state index is 0.0102. The van der Waals surface area contributed by atoms with Crippen molar-refractivity contribution in [1.82, 2.24) is 9.97 Å². The van der Waals surface area contributed by atoms with Gasteiger partial charge in [0, 0.05) is 24.5 Å². The van der Waals surface area contributed by atoms with E-state index < -0.39 is 5.97 Å². The van der Waals surface area contributed by atoms with Crippen molar-refractivity contribution in [3.63, 3.8) is 0 Å². The maximum atomic E-state index is 11.4. The Bertz CT molecular complexity index is 505. The Balaban J connectivity index is 2.24. The smallest absolute Gasteiger partial charge is 0.356 e. The van der Waals surface area contributed by atoms with Gasteiger partial charge in [0.05, 0.1) is 11.9 Å². The molecule has 2 atom stereocenters. The van der Waals surface area contributed by atoms with E-state index in [1.165, 1.54) is 0 Å². The van der Waals surface area contributed by atoms with Gasteiger partial charge in [0.15, 0.2) is 5.69 Å². The first-order chi connectivity index (χ1) is 10.0. The zero-order valence-corrected chi connectivity index (χ0v) is 12.5. The van der Waals surface area contributed by atoms with E-state index in [9.17, 15) is 15.0 Å². The molecule has 0 amide bonds. The number of nitrogens with zero attached hydrogens (tertiary/aromatic N) is 2. The third kappa shape index (κ3) is 3.69. The molecule has 3 N–H and O–H groups in total. The van der Waals surface area contributed by atoms with Crippen molar-refractivity contribution < 1.29 is 15.0 Å². The molecule has 1 aromatic rings. The normalized spacial score (nSPS) is 22.3. The Kier molecular flexibility index (Phi) is 5.12. The molecule has 0 saturated heterocycles. The molecule has 0 aliphatic heterocycles. The lowest BCUT2D eigenvalue weighted by Crippen LogP contribution is -2.35. The molecule has 6 heteroatoms. The number of rotatable bonds is 5. The average molecular weight is 293 g/mol. The summed E-state index contributed by atoms with van der Waals surface area (Å²) in [6, 6.07) is 0.0790. The SMILES string of the molecule is CC(C)c1ncc(NC2CCCCC2CO)c(C(=O)O)n1. The van der Waals surface area contributed by atoms with Crippen molar-refractivity contribution in [2.24, 2.45) is 5.92 Å². The van der Waals surface area contributed by atoms with E-state index >= 15 is 0 Å². The van der Waals surface area contributed by atoms with Gasteiger partial charge >= 0.3 is 5.97 Å². The number of carboxylic acids is 1. The molecule has 1 aliphatic carbocycles. The highest BCUT2D eigenvalue weighted by Crippen LogP contribution is 2.28. The summed E-state index contributed by atoms with van der Waals surface area (Å²) < 4.78 is 0. The van der Waals surface area contributed by atoms with Gasteiger partial charge in [-0.2, -0.15) is 0 Å². The fourth-order valence-corrected chi connectivity index (χ4v) is 2.76. The number of carboxylic acid groups (broad SMARTS) is 1. The summed E-state index contributed by atoms with van der Waals surface area (Å²) in [7, 11) is 0. The van der Waals surface area contributed by atoms with Crippen molar-refractivity contribution in [2.75, 3.05) is 11.9 Å². The Morgan fingerprint density at radius 3 is 2.76 bits per heavy atom. The first-order valence-corrected chi connectivity index (χ1v) is 7.50. The van der Waals surface area contributed by atoms with Crippen molar-refractivity contribution in [3.05, 3.63) is 17.7 Å². The number of hydrogen-bond acceptors (Lipinski definition) is 5. The average Bonchev–Trinajstić information content (AvgIpc) is 2.47. The molecule has 0 bridgehead atoms. The second-order valence-corrected chi connectivity index (χ2v) is 5.93. The van der Waals surface area contributed by atoms with Crippen molar-refractivity contribution in [2.45, 2.75) is 51.5 Å². The van der Waals surface area contributed by atoms with Gasteiger partial charge < -0.3 is 15.5 Å². The Morgan fingerprint density at radius 2 is 2.14 bits per heavy atom. The van der Waals surface area contributed by atoms with Gasteiger partial charge in [-0.15, -0.1) is 0 Å². The van der Waals surface area contributed by atoms with Gasteiger partial charge in [-0.25, -0.2) is 14.8 Å². The van der Waals surface area contributed by atoms with Crippen LogP contribution < -0.4 is 5.32 Å². The van der Waals surface area contributed by atoms with Crippen LogP contribution in [0.5, 0.6) is 0 Å². The maximum Gasteiger partial charge on any atom is 0.356 e. The van der Waals surface area contributed by atoms with E-state index in [2.05, 4.69) is 15.3 Å². The van der Waals surface area contributed by atoms with Crippen LogP contribution in [0.4, 0.5) is 5.69 Å². The number of aromatic carboxylic acids is 1. The minimum Gasteiger partial charge on any atom is -0.476 e. The Hall–Kier alpha value is -1.69. The summed E-state index contributed by atoms with van der Waals surface area (Å²) in [5, 5.41) is 22.0. The fraction of sp³-hybridized carbons (Fsp3) is 0.667. The molecule has 2 rings (SSSR count). The highest BCUT2D eigenvalue weighted by Gasteiger charge is 2.26. The van der Waals surface area contributed by atoms with Gasteiger partial charge in [-0.1, -0.05) is 26.7 Å². The van der Waals surface area contributed by atoms with Crippen LogP contribution in [-0.2, 0) is 0 Å². The summed E-state index contributed by atoms with van der Waals surface area (Å²) in [4.78, 5) is 19.8. The van der Waals surface area contributed by atoms with E-state index in [-0.39, 0.29) is 30.2 Å². The van der Waals surface area contributed by atoms with Crippen LogP contribution in [0.25, 0.3) is 0 Å². The molecule has 116 valence electrons. The first kappa shape index (κ1) is 15.7. The summed E-state index contributed by atoms with van der Waals surface area (Å²) in [5.74, 6) is -0.291. The van der Waals surface area contributed by atoms with E-state index in [1.807, 2.05) is 13.8 Å². The second kappa shape index (κ2) is 6.85. The Labute approximate surface area is 124 Å². The van der Waals surface area contributed by atoms with Crippen LogP contribution in [0.1, 0.15) is 61.8 Å². The monoisotopic (exact) mass is 293 g/mol. The largest absolute Gasteiger partial charge is 0.476 e. The molecule has 2 unspecified atom stereocenters. The lowest BCUT2D eigenvalue weighted by atomic mass is 9.85. The highest BCUT2D eigenvalue weighted by molar-refractivity contribution is 5.91. The molecule has 0 aromatic carbocycles. The maximum absolute atomic E-state index is 11.4. The predicted molar refractivity (Wildman–Crippen MR) is 79.5 cm³/mol. The molecule has 1 fully saturated rings. The summed E-state index contributed by atoms with van der Waals surface area (Å²) in [6.45, 7) is 3.97. The number of aromatic nitrogens is 2. The third-order valence-corrected chi connectivity index (χ3v) is 4.01. The molecule has 1 saturated carbocycles. The lowest BCUT2D eigenvalue weighted by Gasteiger charge is -2.31. The molecule has 1 aromatic heterocycles. The van der Waals surface area contributed by atoms with Gasteiger partial charge in [-0.3, -0.25) is 0 Å². The van der Waals surface area contributed by atoms with Crippen LogP contribution in [0.15, 0.2) is 6.20 Å². The Morgan fingerprint density at radius 1 is 1.43 bits per heavy atom. The van der Waals surface area contributed by atoms with Gasteiger partial charge in [0.25, 0.3) is 0 Å². The van der Waals surface area contributed by atoms with Crippen LogP contribution in [-0.4, -0.2) is 38.8 Å². The van der Waals surface area contributed by atoms with Gasteiger partial charge in [0.1, 0.15) is 5.82 Å². The molecule has 0 spiro atoms. The van der Waals surface area contributed by atoms with Crippen LogP contribution >= 0.6 is 0 Å². The van der Waals surface area contributed by atoms with Crippen LogP contribution in [0.2, 0.25) is 0 Å². The zero-order valence-electron chi connectivity index (χ0n) is 12.5. The summed E-state index contributed by atoms with van der Waals surface area (Å²) >= 11 is 0. The molecular weight excluding hydrogens is 270 g/mol. The van der Waals surface area contributed by atoms with Crippen LogP contribution in [0, 0.1) is 5.92 Å². The minimum atomic E-state index is -1.06. The number of carbonyl (C=O) groups is 1. The van der Waals surface area contributed by atoms with Crippen LogP contribution in [0.3, 0.4) is 0 Å². The fourth-order valence-electron chi connectivity index (χ4n) is 2.76. The van der Waals surface area contributed by atoms with Gasteiger partial charge in [0.2, 0.25) is 0 Å². The number of aliphatic hydroxyl groups excluding tert-OH is 1. The number of anilines is 1. The molecule has 0 radical (unpaired) electrons. The lowest BCUT2D eigenvalue weighted by molar-refractivity contribution is 0.0691. The molecule has 21 heavy (non-hydrogen) atoms. The topological polar surface area (TPSA) is 95.3 Å². The number of nitrogens with one attached hydrogen (secondary N) is 1. The number of hydrogen-bond donors (Lipinski definition) is 3. The summed E-state index contributed by atoms with van der Waals surface area (Å²) in [6.07, 6.45) is 5.63. The third-order valence-electron chi connectivity index (χ3n) is 4.01. The van der Waals surface area contributed by atoms with Crippen molar-refractivity contribution in [3.8, 4) is 0 Å². The first-order valence-electron chi connectivity index (χ1n) is 7.50. The van der Waals surface area contributed by atoms with E-state index in [0.29, 0.717) is 11.5 Å². The molecule has 1 heterocycles. The van der Waals surface area contributed by atoms with Crippen molar-refractivity contribution in [1.29, 1.82) is 0 Å². The molecule has 1 aliphatic rings. The molecular formula is C15H23N3O3. The number of aliphatic hydroxyl groups is 1. The van der Waals surface area contributed by atoms with E-state index in [0.717, 1.165) is 25.7 Å². The quantitative estimate of drug-likeness (QED) is 0.770. The predicted octanol–water partition coefficient (Wildman–Crippen LogP) is 2.26. The highest BCUT2D eigenvalue weighted by atomic mass is 16.4. The summed E-state index contributed by atoms with van der Waals surface area (Å²) in [5.41, 5.74) is 0.452. The van der Waals surface area contributed by atoms with Gasteiger partial charge in [-0.05, 0) is 12.8 Å². The standard InChI is InChI=1S/C15H23N3O3/c1-9(2)14-16-7-12(13(18-14)15(20)21)17-11-6-4-3-5-10(11)8-19/h7,9-11,17,19H,3-6,8H2,1-2H3,(H,20,21). The second-order valence-electron chi connectivity index (χ2n) is 5.93. The van der Waals surface area contributed by atoms with E-state index in [4.69, 9.17) is 0 Å².